The maximum absolute atomic E-state index is 16.5. The molecule has 17 heteroatoms. The lowest BCUT2D eigenvalue weighted by molar-refractivity contribution is -0.150. The summed E-state index contributed by atoms with van der Waals surface area (Å²) in [5.74, 6) is -1.69. The lowest BCUT2D eigenvalue weighted by Gasteiger charge is -2.41. The molecule has 3 saturated heterocycles. The van der Waals surface area contributed by atoms with Gasteiger partial charge in [-0.3, -0.25) is 23.7 Å². The SMILES string of the molecule is CCCOC(=O)[C@H](C)NP(=O)(Oc1ccccc1)C(F)c1ccc2sc(C(=O)N[C@H]3C[C@@H]4C[C@@H]4C[C@H]4CC[C@@H](C(=O)N5CC(c6nc(C)no6)C5)N4C3=O)cc2c1. The summed E-state index contributed by atoms with van der Waals surface area (Å²) in [5, 5.41) is 9.98. The van der Waals surface area contributed by atoms with Crippen LogP contribution >= 0.6 is 18.9 Å². The first-order valence-corrected chi connectivity index (χ1v) is 22.1. The minimum atomic E-state index is -4.44. The molecule has 2 N–H and O–H groups in total. The fraction of sp³-hybridized carbons (Fsp3) is 0.500. The molecule has 57 heavy (non-hydrogen) atoms. The van der Waals surface area contributed by atoms with E-state index in [4.69, 9.17) is 13.8 Å². The number of aryl methyl sites for hydroxylation is 1. The van der Waals surface area contributed by atoms with Gasteiger partial charge in [-0.15, -0.1) is 11.3 Å². The normalized spacial score (nSPS) is 25.3. The average Bonchev–Trinajstić information content (AvgIpc) is 3.49. The van der Waals surface area contributed by atoms with Crippen LogP contribution in [-0.4, -0.2) is 87.5 Å². The first-order chi connectivity index (χ1) is 27.4. The molecule has 0 bridgehead atoms. The first kappa shape index (κ1) is 39.2. The number of amides is 3. The van der Waals surface area contributed by atoms with Gasteiger partial charge in [-0.05, 0) is 105 Å². The minimum absolute atomic E-state index is 0.0274. The highest BCUT2D eigenvalue weighted by Gasteiger charge is 2.53. The number of nitrogens with one attached hydrogen (secondary N) is 2. The largest absolute Gasteiger partial charge is 0.465 e. The molecule has 4 fully saturated rings. The lowest BCUT2D eigenvalue weighted by atomic mass is 9.97. The predicted octanol–water partition coefficient (Wildman–Crippen LogP) is 6.28. The molecule has 14 nitrogen and oxygen atoms in total. The second-order valence-corrected chi connectivity index (χ2v) is 18.8. The number of carbonyl (C=O) groups excluding carboxylic acids is 4. The Labute approximate surface area is 333 Å². The summed E-state index contributed by atoms with van der Waals surface area (Å²) in [5.41, 5.74) is 0.0274. The molecule has 4 aliphatic rings. The van der Waals surface area contributed by atoms with Crippen LogP contribution < -0.4 is 14.9 Å². The summed E-state index contributed by atoms with van der Waals surface area (Å²) < 4.78 is 47.7. The highest BCUT2D eigenvalue weighted by atomic mass is 32.1. The Balaban J connectivity index is 0.976. The van der Waals surface area contributed by atoms with Crippen molar-refractivity contribution in [3.05, 3.63) is 76.8 Å². The van der Waals surface area contributed by atoms with Gasteiger partial charge < -0.3 is 28.9 Å². The highest BCUT2D eigenvalue weighted by molar-refractivity contribution is 7.57. The quantitative estimate of drug-likeness (QED) is 0.115. The number of likely N-dealkylation sites (tertiary alicyclic amines) is 1. The van der Waals surface area contributed by atoms with E-state index in [0.717, 1.165) is 19.3 Å². The Kier molecular flexibility index (Phi) is 11.0. The number of nitrogens with zero attached hydrogens (tertiary/aromatic N) is 4. The molecule has 1 saturated carbocycles. The smallest absolute Gasteiger partial charge is 0.355 e. The number of alkyl halides is 1. The number of para-hydroxylation sites is 1. The fourth-order valence-corrected chi connectivity index (χ4v) is 11.2. The van der Waals surface area contributed by atoms with E-state index in [9.17, 15) is 23.7 Å². The topological polar surface area (TPSA) is 173 Å². The number of esters is 1. The highest BCUT2D eigenvalue weighted by Crippen LogP contribution is 2.58. The molecule has 3 amide bonds. The second kappa shape index (κ2) is 15.9. The summed E-state index contributed by atoms with van der Waals surface area (Å²) in [4.78, 5) is 62.7. The van der Waals surface area contributed by atoms with Crippen molar-refractivity contribution in [2.45, 2.75) is 95.3 Å². The Morgan fingerprint density at radius 2 is 1.84 bits per heavy atom. The molecule has 0 spiro atoms. The van der Waals surface area contributed by atoms with Gasteiger partial charge in [0.2, 0.25) is 23.6 Å². The van der Waals surface area contributed by atoms with E-state index < -0.39 is 43.4 Å². The first-order valence-electron chi connectivity index (χ1n) is 19.6. The Morgan fingerprint density at radius 3 is 2.58 bits per heavy atom. The number of thiophene rings is 1. The fourth-order valence-electron chi connectivity index (χ4n) is 8.31. The molecule has 5 heterocycles. The van der Waals surface area contributed by atoms with Crippen LogP contribution in [0.4, 0.5) is 4.39 Å². The standard InChI is InChI=1S/C40H46FN6O8PS/c1-4-14-53-40(51)22(2)45-56(52,55-30-8-6-5-7-9-30)35(41)24-10-13-33-27(15-24)19-34(57-33)36(48)43-31-18-26-16-25(26)17-29-11-12-32(47(29)38(31)49)39(50)46-20-28(21-46)37-42-23(3)44-54-37/h5-10,13,15,19,22,25-26,28-29,31-32,35H,4,11-12,14,16-18,20-21H2,1-3H3,(H,43,48)(H,45,52)/t22-,25+,26-,29+,31-,32-,35?,56?/m0/s1. The van der Waals surface area contributed by atoms with Crippen molar-refractivity contribution < 1.29 is 41.9 Å². The second-order valence-electron chi connectivity index (χ2n) is 15.6. The van der Waals surface area contributed by atoms with Crippen molar-refractivity contribution in [3.8, 4) is 5.75 Å². The van der Waals surface area contributed by atoms with Gasteiger partial charge in [-0.1, -0.05) is 36.3 Å². The van der Waals surface area contributed by atoms with Gasteiger partial charge in [0.25, 0.3) is 5.91 Å². The van der Waals surface area contributed by atoms with E-state index in [0.29, 0.717) is 70.9 Å². The molecule has 2 aromatic heterocycles. The number of benzene rings is 2. The van der Waals surface area contributed by atoms with Gasteiger partial charge in [-0.25, -0.2) is 9.48 Å². The van der Waals surface area contributed by atoms with Crippen molar-refractivity contribution in [2.24, 2.45) is 11.8 Å². The number of fused-ring (bicyclic) bond motifs is 3. The minimum Gasteiger partial charge on any atom is -0.465 e. The van der Waals surface area contributed by atoms with Crippen LogP contribution in [0.2, 0.25) is 0 Å². The van der Waals surface area contributed by atoms with Gasteiger partial charge in [0.15, 0.2) is 5.82 Å². The van der Waals surface area contributed by atoms with Crippen molar-refractivity contribution in [2.75, 3.05) is 19.7 Å². The molecule has 4 aromatic rings. The Bertz CT molecular complexity index is 2210. The molecule has 8 rings (SSSR count). The zero-order valence-electron chi connectivity index (χ0n) is 32.0. The predicted molar refractivity (Wildman–Crippen MR) is 208 cm³/mol. The van der Waals surface area contributed by atoms with Crippen molar-refractivity contribution in [3.63, 3.8) is 0 Å². The number of ether oxygens (including phenoxy) is 1. The number of carbonyl (C=O) groups is 4. The van der Waals surface area contributed by atoms with E-state index in [1.165, 1.54) is 30.4 Å². The molecule has 3 aliphatic heterocycles. The molecule has 2 aromatic carbocycles. The van der Waals surface area contributed by atoms with Crippen LogP contribution in [0.15, 0.2) is 59.1 Å². The Hall–Kier alpha value is -4.66. The summed E-state index contributed by atoms with van der Waals surface area (Å²) >= 11 is 1.19. The molecular weight excluding hydrogens is 775 g/mol. The summed E-state index contributed by atoms with van der Waals surface area (Å²) in [6.45, 7) is 6.09. The maximum atomic E-state index is 16.5. The number of rotatable bonds is 13. The third-order valence-corrected chi connectivity index (χ3v) is 14.7. The van der Waals surface area contributed by atoms with Gasteiger partial charge in [-0.2, -0.15) is 4.98 Å². The summed E-state index contributed by atoms with van der Waals surface area (Å²) in [6.07, 6.45) is 4.24. The van der Waals surface area contributed by atoms with Gasteiger partial charge in [0, 0.05) is 23.8 Å². The summed E-state index contributed by atoms with van der Waals surface area (Å²) in [7, 11) is -4.44. The number of hydrogen-bond acceptors (Lipinski definition) is 11. The van der Waals surface area contributed by atoms with Crippen LogP contribution in [0, 0.1) is 18.8 Å². The molecule has 1 aliphatic carbocycles. The average molecular weight is 821 g/mol. The third-order valence-electron chi connectivity index (χ3n) is 11.4. The van der Waals surface area contributed by atoms with Crippen LogP contribution in [0.5, 0.6) is 5.75 Å². The van der Waals surface area contributed by atoms with Crippen LogP contribution in [0.3, 0.4) is 0 Å². The van der Waals surface area contributed by atoms with E-state index in [1.807, 2.05) is 6.92 Å². The molecule has 302 valence electrons. The summed E-state index contributed by atoms with van der Waals surface area (Å²) in [6, 6.07) is 11.8. The van der Waals surface area contributed by atoms with Crippen LogP contribution in [-0.2, 0) is 23.7 Å². The zero-order valence-corrected chi connectivity index (χ0v) is 33.7. The van der Waals surface area contributed by atoms with Gasteiger partial charge in [0.05, 0.1) is 17.4 Å². The molecule has 8 atom stereocenters. The van der Waals surface area contributed by atoms with Gasteiger partial charge >= 0.3 is 13.5 Å². The monoisotopic (exact) mass is 820 g/mol. The van der Waals surface area contributed by atoms with Crippen molar-refractivity contribution in [1.82, 2.24) is 30.3 Å². The zero-order chi connectivity index (χ0) is 40.0. The van der Waals surface area contributed by atoms with Crippen molar-refractivity contribution >= 4 is 52.6 Å². The van der Waals surface area contributed by atoms with E-state index >= 15 is 4.39 Å². The van der Waals surface area contributed by atoms with Crippen molar-refractivity contribution in [1.29, 1.82) is 0 Å². The van der Waals surface area contributed by atoms with Crippen LogP contribution in [0.25, 0.3) is 10.1 Å². The van der Waals surface area contributed by atoms with E-state index in [2.05, 4.69) is 20.5 Å². The molecule has 0 radical (unpaired) electrons. The maximum Gasteiger partial charge on any atom is 0.355 e. The Morgan fingerprint density at radius 1 is 1.07 bits per heavy atom. The molecule has 2 unspecified atom stereocenters. The number of hydrogen-bond donors (Lipinski definition) is 2. The number of halogens is 1. The van der Waals surface area contributed by atoms with Gasteiger partial charge in [0.1, 0.15) is 23.9 Å². The van der Waals surface area contributed by atoms with E-state index in [1.54, 1.807) is 59.2 Å². The molecular formula is C40H46FN6O8PS. The van der Waals surface area contributed by atoms with E-state index in [-0.39, 0.29) is 41.7 Å². The number of aromatic nitrogens is 2. The van der Waals surface area contributed by atoms with Crippen LogP contribution in [0.1, 0.15) is 91.2 Å². The lowest BCUT2D eigenvalue weighted by Crippen LogP contribution is -2.59. The third kappa shape index (κ3) is 8.08.